The summed E-state index contributed by atoms with van der Waals surface area (Å²) in [7, 11) is 2.16. The molecule has 1 heterocycles. The zero-order valence-electron chi connectivity index (χ0n) is 14.9. The fraction of sp³-hybridized carbons (Fsp3) is 0.933. The van der Waals surface area contributed by atoms with Gasteiger partial charge < -0.3 is 14.2 Å². The van der Waals surface area contributed by atoms with E-state index in [2.05, 4.69) is 52.3 Å². The standard InChI is InChI=1S/C15H29N2O3PS2/c1-11(2)17(12(3)4)21(19-9-7-8-16)20-14-13(10-18)22-23-15(14,5)6/h11-14,18H,7,9-10H2,1-6H3. The lowest BCUT2D eigenvalue weighted by Crippen LogP contribution is -2.41. The maximum atomic E-state index is 9.65. The Kier molecular flexibility index (Phi) is 9.18. The van der Waals surface area contributed by atoms with Crippen LogP contribution in [-0.2, 0) is 9.05 Å². The van der Waals surface area contributed by atoms with E-state index in [1.807, 2.05) is 0 Å². The lowest BCUT2D eigenvalue weighted by atomic mass is 10.0. The van der Waals surface area contributed by atoms with Crippen LogP contribution in [0.3, 0.4) is 0 Å². The lowest BCUT2D eigenvalue weighted by Gasteiger charge is -2.39. The van der Waals surface area contributed by atoms with Crippen molar-refractivity contribution in [2.24, 2.45) is 0 Å². The van der Waals surface area contributed by atoms with E-state index < -0.39 is 8.53 Å². The second-order valence-electron chi connectivity index (χ2n) is 6.58. The van der Waals surface area contributed by atoms with Crippen LogP contribution >= 0.6 is 30.1 Å². The van der Waals surface area contributed by atoms with Crippen molar-refractivity contribution < 1.29 is 14.2 Å². The van der Waals surface area contributed by atoms with E-state index in [1.165, 1.54) is 0 Å². The molecule has 5 nitrogen and oxygen atoms in total. The monoisotopic (exact) mass is 380 g/mol. The Morgan fingerprint density at radius 3 is 2.39 bits per heavy atom. The predicted octanol–water partition coefficient (Wildman–Crippen LogP) is 4.18. The van der Waals surface area contributed by atoms with Crippen molar-refractivity contribution >= 4 is 30.1 Å². The molecule has 0 bridgehead atoms. The van der Waals surface area contributed by atoms with Gasteiger partial charge in [-0.05, 0) is 41.5 Å². The van der Waals surface area contributed by atoms with Gasteiger partial charge in [-0.25, -0.2) is 4.67 Å². The first-order valence-electron chi connectivity index (χ1n) is 7.95. The van der Waals surface area contributed by atoms with Crippen molar-refractivity contribution in [3.8, 4) is 6.07 Å². The second-order valence-corrected chi connectivity index (χ2v) is 11.1. The highest BCUT2D eigenvalue weighted by atomic mass is 33.1. The number of rotatable bonds is 9. The third kappa shape index (κ3) is 6.04. The molecule has 0 aliphatic carbocycles. The number of hydrogen-bond donors (Lipinski definition) is 1. The molecule has 0 aromatic rings. The van der Waals surface area contributed by atoms with Gasteiger partial charge in [0.2, 0.25) is 0 Å². The highest BCUT2D eigenvalue weighted by molar-refractivity contribution is 8.77. The summed E-state index contributed by atoms with van der Waals surface area (Å²) in [6, 6.07) is 2.67. The van der Waals surface area contributed by atoms with Gasteiger partial charge in [0, 0.05) is 16.8 Å². The molecule has 3 unspecified atom stereocenters. The third-order valence-electron chi connectivity index (χ3n) is 3.46. The van der Waals surface area contributed by atoms with Gasteiger partial charge in [-0.15, -0.1) is 0 Å². The van der Waals surface area contributed by atoms with Crippen LogP contribution in [0.4, 0.5) is 0 Å². The maximum absolute atomic E-state index is 9.65. The van der Waals surface area contributed by atoms with Crippen LogP contribution in [0, 0.1) is 11.3 Å². The van der Waals surface area contributed by atoms with Crippen LogP contribution in [0.15, 0.2) is 0 Å². The van der Waals surface area contributed by atoms with E-state index in [9.17, 15) is 5.11 Å². The van der Waals surface area contributed by atoms with Crippen molar-refractivity contribution in [2.75, 3.05) is 13.2 Å². The Labute approximate surface area is 149 Å². The highest BCUT2D eigenvalue weighted by Gasteiger charge is 2.47. The molecule has 0 saturated carbocycles. The summed E-state index contributed by atoms with van der Waals surface area (Å²) in [6.07, 6.45) is 0.267. The zero-order valence-corrected chi connectivity index (χ0v) is 17.4. The Morgan fingerprint density at radius 2 is 1.91 bits per heavy atom. The van der Waals surface area contributed by atoms with Gasteiger partial charge >= 0.3 is 0 Å². The average molecular weight is 381 g/mol. The van der Waals surface area contributed by atoms with Crippen LogP contribution in [0.25, 0.3) is 0 Å². The van der Waals surface area contributed by atoms with E-state index in [4.69, 9.17) is 14.3 Å². The number of nitrogens with zero attached hydrogens (tertiary/aromatic N) is 2. The van der Waals surface area contributed by atoms with Crippen LogP contribution in [0.1, 0.15) is 48.0 Å². The molecule has 23 heavy (non-hydrogen) atoms. The predicted molar refractivity (Wildman–Crippen MR) is 100 cm³/mol. The Hall–Kier alpha value is 0.460. The van der Waals surface area contributed by atoms with Gasteiger partial charge in [0.15, 0.2) is 0 Å². The molecule has 8 heteroatoms. The SMILES string of the molecule is CC(C)N(C(C)C)P(OCCC#N)OC1C(CO)SSC1(C)C. The van der Waals surface area contributed by atoms with Crippen molar-refractivity contribution in [1.82, 2.24) is 4.67 Å². The smallest absolute Gasteiger partial charge is 0.259 e. The normalized spacial score (nSPS) is 25.3. The first-order valence-corrected chi connectivity index (χ1v) is 11.3. The van der Waals surface area contributed by atoms with Gasteiger partial charge in [-0.1, -0.05) is 21.6 Å². The molecule has 1 N–H and O–H groups in total. The summed E-state index contributed by atoms with van der Waals surface area (Å²) in [5.41, 5.74) is 0. The molecule has 1 rings (SSSR count). The van der Waals surface area contributed by atoms with Crippen LogP contribution in [0.5, 0.6) is 0 Å². The molecule has 1 fully saturated rings. The molecule has 1 saturated heterocycles. The summed E-state index contributed by atoms with van der Waals surface area (Å²) >= 11 is 0. The van der Waals surface area contributed by atoms with Crippen molar-refractivity contribution in [3.63, 3.8) is 0 Å². The fourth-order valence-corrected chi connectivity index (χ4v) is 7.71. The molecule has 0 aromatic carbocycles. The maximum Gasteiger partial charge on any atom is 0.259 e. The van der Waals surface area contributed by atoms with Crippen LogP contribution in [0.2, 0.25) is 0 Å². The summed E-state index contributed by atoms with van der Waals surface area (Å²) in [4.78, 5) is 0. The molecule has 3 atom stereocenters. The molecule has 0 spiro atoms. The van der Waals surface area contributed by atoms with Crippen molar-refractivity contribution in [2.45, 2.75) is 76.1 Å². The van der Waals surface area contributed by atoms with Crippen LogP contribution in [-0.4, -0.2) is 51.2 Å². The Morgan fingerprint density at radius 1 is 1.30 bits per heavy atom. The first-order chi connectivity index (χ1) is 10.7. The average Bonchev–Trinajstić information content (AvgIpc) is 2.73. The minimum Gasteiger partial charge on any atom is -0.395 e. The number of aliphatic hydroxyl groups is 1. The van der Waals surface area contributed by atoms with Gasteiger partial charge in [0.25, 0.3) is 8.53 Å². The fourth-order valence-electron chi connectivity index (χ4n) is 2.44. The van der Waals surface area contributed by atoms with E-state index in [-0.39, 0.29) is 34.8 Å². The van der Waals surface area contributed by atoms with E-state index >= 15 is 0 Å². The summed E-state index contributed by atoms with van der Waals surface area (Å²) in [6.45, 7) is 13.2. The first kappa shape index (κ1) is 21.5. The molecule has 1 aliphatic heterocycles. The van der Waals surface area contributed by atoms with Gasteiger partial charge in [0.05, 0.1) is 37.1 Å². The van der Waals surface area contributed by atoms with E-state index in [0.29, 0.717) is 13.0 Å². The highest BCUT2D eigenvalue weighted by Crippen LogP contribution is 2.57. The Balaban J connectivity index is 2.92. The van der Waals surface area contributed by atoms with Crippen molar-refractivity contribution in [1.29, 1.82) is 5.26 Å². The van der Waals surface area contributed by atoms with E-state index in [1.54, 1.807) is 21.6 Å². The minimum atomic E-state index is -1.27. The molecule has 134 valence electrons. The van der Waals surface area contributed by atoms with Gasteiger partial charge in [-0.2, -0.15) is 5.26 Å². The largest absolute Gasteiger partial charge is 0.395 e. The summed E-state index contributed by atoms with van der Waals surface area (Å²) in [5, 5.41) is 18.5. The topological polar surface area (TPSA) is 65.7 Å². The molecule has 0 aromatic heterocycles. The lowest BCUT2D eigenvalue weighted by molar-refractivity contribution is 0.101. The summed E-state index contributed by atoms with van der Waals surface area (Å²) < 4.78 is 14.5. The molecular formula is C15H29N2O3PS2. The molecule has 0 radical (unpaired) electrons. The molecule has 1 aliphatic rings. The third-order valence-corrected chi connectivity index (χ3v) is 9.29. The second kappa shape index (κ2) is 9.82. The zero-order chi connectivity index (χ0) is 17.6. The number of hydrogen-bond acceptors (Lipinski definition) is 7. The summed E-state index contributed by atoms with van der Waals surface area (Å²) in [5.74, 6) is 0. The molecular weight excluding hydrogens is 351 g/mol. The quantitative estimate of drug-likeness (QED) is 0.366. The van der Waals surface area contributed by atoms with Crippen LogP contribution < -0.4 is 0 Å². The number of aliphatic hydroxyl groups excluding tert-OH is 1. The molecule has 0 amide bonds. The minimum absolute atomic E-state index is 0.0424. The van der Waals surface area contributed by atoms with Gasteiger partial charge in [0.1, 0.15) is 0 Å². The van der Waals surface area contributed by atoms with Gasteiger partial charge in [-0.3, -0.25) is 0 Å². The van der Waals surface area contributed by atoms with E-state index in [0.717, 1.165) is 0 Å². The Bertz CT molecular complexity index is 397. The number of nitriles is 1. The van der Waals surface area contributed by atoms with Crippen molar-refractivity contribution in [3.05, 3.63) is 0 Å².